The molecule has 0 aliphatic rings. The highest BCUT2D eigenvalue weighted by Gasteiger charge is 2.14. The van der Waals surface area contributed by atoms with E-state index < -0.39 is 6.10 Å². The van der Waals surface area contributed by atoms with Crippen molar-refractivity contribution in [2.45, 2.75) is 19.4 Å². The Hall–Kier alpha value is -3.40. The van der Waals surface area contributed by atoms with Crippen molar-refractivity contribution in [3.05, 3.63) is 71.3 Å². The Morgan fingerprint density at radius 2 is 1.93 bits per heavy atom. The summed E-state index contributed by atoms with van der Waals surface area (Å²) in [6.07, 6.45) is -0.502. The summed E-state index contributed by atoms with van der Waals surface area (Å²) in [6, 6.07) is 18.5. The van der Waals surface area contributed by atoms with E-state index >= 15 is 0 Å². The molecule has 3 rings (SSSR count). The molecule has 29 heavy (non-hydrogen) atoms. The second-order valence-electron chi connectivity index (χ2n) is 6.71. The second kappa shape index (κ2) is 9.20. The zero-order valence-electron chi connectivity index (χ0n) is 16.3. The maximum Gasteiger partial charge on any atom is 0.221 e. The van der Waals surface area contributed by atoms with Crippen LogP contribution in [0.15, 0.2) is 54.6 Å². The normalized spacial score (nSPS) is 11.7. The highest BCUT2D eigenvalue weighted by molar-refractivity contribution is 5.89. The lowest BCUT2D eigenvalue weighted by Crippen LogP contribution is -2.09. The van der Waals surface area contributed by atoms with Crippen molar-refractivity contribution >= 4 is 22.4 Å². The Labute approximate surface area is 169 Å². The van der Waals surface area contributed by atoms with E-state index in [4.69, 9.17) is 14.7 Å². The molecule has 0 saturated carbocycles. The number of carbonyl (C=O) groups excluding carboxylic acids is 1. The minimum absolute atomic E-state index is 0.0789. The molecule has 6 heteroatoms. The summed E-state index contributed by atoms with van der Waals surface area (Å²) in [6.45, 7) is 1.52. The minimum atomic E-state index is -0.789. The molecule has 0 fully saturated rings. The highest BCUT2D eigenvalue weighted by Crippen LogP contribution is 2.30. The summed E-state index contributed by atoms with van der Waals surface area (Å²) in [5, 5.41) is 24.6. The fraction of sp³-hybridized carbons (Fsp3) is 0.217. The molecule has 0 saturated heterocycles. The molecule has 1 amide bonds. The van der Waals surface area contributed by atoms with Crippen LogP contribution in [-0.4, -0.2) is 24.9 Å². The van der Waals surface area contributed by atoms with E-state index in [1.165, 1.54) is 14.0 Å². The van der Waals surface area contributed by atoms with Gasteiger partial charge in [0.25, 0.3) is 0 Å². The van der Waals surface area contributed by atoms with E-state index in [9.17, 15) is 9.90 Å². The first-order valence-corrected chi connectivity index (χ1v) is 9.14. The number of fused-ring (bicyclic) bond motifs is 1. The van der Waals surface area contributed by atoms with Crippen molar-refractivity contribution in [1.29, 1.82) is 5.26 Å². The van der Waals surface area contributed by atoms with Crippen LogP contribution < -0.4 is 10.1 Å². The summed E-state index contributed by atoms with van der Waals surface area (Å²) in [7, 11) is 1.53. The lowest BCUT2D eigenvalue weighted by atomic mass is 9.97. The standard InChI is InChI=1S/C23H22N2O4/c1-15(26)25-21-7-8-23(29-14-28-2)20(11-21)12-22(27)18-6-5-17-4-3-16(13-24)9-19(17)10-18/h3-11,22,27H,12,14H2,1-2H3,(H,25,26). The molecule has 148 valence electrons. The molecular weight excluding hydrogens is 368 g/mol. The number of nitriles is 1. The summed E-state index contributed by atoms with van der Waals surface area (Å²) >= 11 is 0. The zero-order chi connectivity index (χ0) is 20.8. The summed E-state index contributed by atoms with van der Waals surface area (Å²) < 4.78 is 10.6. The third-order valence-electron chi connectivity index (χ3n) is 4.50. The van der Waals surface area contributed by atoms with Crippen molar-refractivity contribution < 1.29 is 19.4 Å². The number of aliphatic hydroxyl groups is 1. The highest BCUT2D eigenvalue weighted by atomic mass is 16.7. The van der Waals surface area contributed by atoms with Crippen LogP contribution in [0.2, 0.25) is 0 Å². The van der Waals surface area contributed by atoms with Crippen LogP contribution in [0.4, 0.5) is 5.69 Å². The molecule has 0 aromatic heterocycles. The van der Waals surface area contributed by atoms with Gasteiger partial charge in [0.05, 0.1) is 17.7 Å². The van der Waals surface area contributed by atoms with Crippen molar-refractivity contribution in [2.24, 2.45) is 0 Å². The van der Waals surface area contributed by atoms with Gasteiger partial charge in [0.15, 0.2) is 6.79 Å². The smallest absolute Gasteiger partial charge is 0.221 e. The van der Waals surface area contributed by atoms with Gasteiger partial charge in [-0.25, -0.2) is 0 Å². The fourth-order valence-corrected chi connectivity index (χ4v) is 3.15. The average molecular weight is 390 g/mol. The van der Waals surface area contributed by atoms with Crippen LogP contribution in [0, 0.1) is 11.3 Å². The Bertz CT molecular complexity index is 1070. The first kappa shape index (κ1) is 20.3. The number of hydrogen-bond acceptors (Lipinski definition) is 5. The van der Waals surface area contributed by atoms with E-state index in [0.717, 1.165) is 21.9 Å². The number of ether oxygens (including phenoxy) is 2. The van der Waals surface area contributed by atoms with Crippen LogP contribution in [0.1, 0.15) is 29.7 Å². The van der Waals surface area contributed by atoms with Gasteiger partial charge < -0.3 is 19.9 Å². The van der Waals surface area contributed by atoms with E-state index in [1.54, 1.807) is 30.3 Å². The van der Waals surface area contributed by atoms with Gasteiger partial charge in [0.2, 0.25) is 5.91 Å². The predicted molar refractivity (Wildman–Crippen MR) is 111 cm³/mol. The zero-order valence-corrected chi connectivity index (χ0v) is 16.3. The number of nitrogens with one attached hydrogen (secondary N) is 1. The Balaban J connectivity index is 1.89. The quantitative estimate of drug-likeness (QED) is 0.597. The molecule has 2 N–H and O–H groups in total. The number of benzene rings is 3. The fourth-order valence-electron chi connectivity index (χ4n) is 3.15. The second-order valence-corrected chi connectivity index (χ2v) is 6.71. The lowest BCUT2D eigenvalue weighted by Gasteiger charge is -2.17. The number of nitrogens with zero attached hydrogens (tertiary/aromatic N) is 1. The molecule has 0 heterocycles. The Morgan fingerprint density at radius 1 is 1.14 bits per heavy atom. The van der Waals surface area contributed by atoms with Crippen LogP contribution >= 0.6 is 0 Å². The van der Waals surface area contributed by atoms with Crippen LogP contribution in [0.5, 0.6) is 5.75 Å². The number of aliphatic hydroxyl groups excluding tert-OH is 1. The topological polar surface area (TPSA) is 91.6 Å². The molecule has 0 spiro atoms. The lowest BCUT2D eigenvalue weighted by molar-refractivity contribution is -0.114. The number of methoxy groups -OCH3 is 1. The van der Waals surface area contributed by atoms with Gasteiger partial charge in [-0.05, 0) is 58.3 Å². The molecule has 1 atom stereocenters. The van der Waals surface area contributed by atoms with Gasteiger partial charge in [-0.1, -0.05) is 18.2 Å². The molecular formula is C23H22N2O4. The van der Waals surface area contributed by atoms with Crippen molar-refractivity contribution in [2.75, 3.05) is 19.2 Å². The number of anilines is 1. The number of carbonyl (C=O) groups is 1. The van der Waals surface area contributed by atoms with Crippen molar-refractivity contribution in [3.63, 3.8) is 0 Å². The monoisotopic (exact) mass is 390 g/mol. The van der Waals surface area contributed by atoms with Crippen LogP contribution in [0.3, 0.4) is 0 Å². The van der Waals surface area contributed by atoms with E-state index in [1.807, 2.05) is 24.3 Å². The maximum absolute atomic E-state index is 11.4. The molecule has 6 nitrogen and oxygen atoms in total. The van der Waals surface area contributed by atoms with Gasteiger partial charge in [0.1, 0.15) is 5.75 Å². The first-order valence-electron chi connectivity index (χ1n) is 9.14. The summed E-state index contributed by atoms with van der Waals surface area (Å²) in [4.78, 5) is 11.4. The third-order valence-corrected chi connectivity index (χ3v) is 4.50. The third kappa shape index (κ3) is 5.11. The minimum Gasteiger partial charge on any atom is -0.467 e. The van der Waals surface area contributed by atoms with Crippen LogP contribution in [-0.2, 0) is 16.0 Å². The summed E-state index contributed by atoms with van der Waals surface area (Å²) in [5.74, 6) is 0.400. The van der Waals surface area contributed by atoms with Gasteiger partial charge in [0, 0.05) is 26.1 Å². The van der Waals surface area contributed by atoms with Crippen LogP contribution in [0.25, 0.3) is 10.8 Å². The van der Waals surface area contributed by atoms with Gasteiger partial charge in [-0.15, -0.1) is 0 Å². The number of rotatable bonds is 7. The van der Waals surface area contributed by atoms with Crippen molar-refractivity contribution in [1.82, 2.24) is 0 Å². The van der Waals surface area contributed by atoms with E-state index in [-0.39, 0.29) is 19.1 Å². The maximum atomic E-state index is 11.4. The van der Waals surface area contributed by atoms with Gasteiger partial charge in [-0.2, -0.15) is 5.26 Å². The molecule has 0 aliphatic heterocycles. The predicted octanol–water partition coefficient (Wildman–Crippen LogP) is 3.93. The SMILES string of the molecule is COCOc1ccc(NC(C)=O)cc1CC(O)c1ccc2ccc(C#N)cc2c1. The molecule has 3 aromatic carbocycles. The van der Waals surface area contributed by atoms with E-state index in [2.05, 4.69) is 11.4 Å². The van der Waals surface area contributed by atoms with Gasteiger partial charge >= 0.3 is 0 Å². The van der Waals surface area contributed by atoms with E-state index in [0.29, 0.717) is 17.0 Å². The molecule has 0 aliphatic carbocycles. The molecule has 1 unspecified atom stereocenters. The average Bonchev–Trinajstić information content (AvgIpc) is 2.71. The Morgan fingerprint density at radius 3 is 2.66 bits per heavy atom. The largest absolute Gasteiger partial charge is 0.467 e. The molecule has 0 radical (unpaired) electrons. The number of amides is 1. The summed E-state index contributed by atoms with van der Waals surface area (Å²) in [5.41, 5.74) is 2.67. The first-order chi connectivity index (χ1) is 14.0. The van der Waals surface area contributed by atoms with Crippen molar-refractivity contribution in [3.8, 4) is 11.8 Å². The van der Waals surface area contributed by atoms with Gasteiger partial charge in [-0.3, -0.25) is 4.79 Å². The Kier molecular flexibility index (Phi) is 6.45. The molecule has 0 bridgehead atoms. The number of hydrogen-bond donors (Lipinski definition) is 2. The molecule has 3 aromatic rings.